The third-order valence-corrected chi connectivity index (χ3v) is 2.73. The number of nitrogens with one attached hydrogen (secondary N) is 2. The highest BCUT2D eigenvalue weighted by Gasteiger charge is 2.23. The second kappa shape index (κ2) is 2.89. The van der Waals surface area contributed by atoms with E-state index >= 15 is 0 Å². The Morgan fingerprint density at radius 1 is 1.20 bits per heavy atom. The third kappa shape index (κ3) is 1.32. The molecule has 2 unspecified atom stereocenters. The average Bonchev–Trinajstić information content (AvgIpc) is 2.12. The molecule has 10 heavy (non-hydrogen) atoms. The fraction of sp³-hybridized carbons (Fsp3) is 1.00. The topological polar surface area (TPSA) is 24.1 Å². The zero-order chi connectivity index (χ0) is 6.81. The zero-order valence-electron chi connectivity index (χ0n) is 6.40. The Balaban J connectivity index is 1.96. The van der Waals surface area contributed by atoms with Crippen molar-refractivity contribution in [3.05, 3.63) is 0 Å². The Bertz CT molecular complexity index is 102. The van der Waals surface area contributed by atoms with Gasteiger partial charge in [0.05, 0.1) is 0 Å². The summed E-state index contributed by atoms with van der Waals surface area (Å²) in [5, 5.41) is 6.91. The fourth-order valence-corrected chi connectivity index (χ4v) is 2.15. The first kappa shape index (κ1) is 6.62. The molecule has 2 rings (SSSR count). The molecule has 2 N–H and O–H groups in total. The number of rotatable bonds is 0. The van der Waals surface area contributed by atoms with E-state index in [0.29, 0.717) is 0 Å². The standard InChI is InChI=1S/C8H16N2/c1-2-7-4-8(3-1)10-6-9-5-7/h7-10H,1-6H2. The first-order valence-corrected chi connectivity index (χ1v) is 4.39. The summed E-state index contributed by atoms with van der Waals surface area (Å²) < 4.78 is 0. The Hall–Kier alpha value is -0.0800. The highest BCUT2D eigenvalue weighted by atomic mass is 15.1. The van der Waals surface area contributed by atoms with Gasteiger partial charge in [-0.25, -0.2) is 0 Å². The summed E-state index contributed by atoms with van der Waals surface area (Å²) in [5.41, 5.74) is 0. The van der Waals surface area contributed by atoms with Gasteiger partial charge < -0.3 is 10.6 Å². The lowest BCUT2D eigenvalue weighted by Crippen LogP contribution is -2.33. The molecule has 1 saturated heterocycles. The van der Waals surface area contributed by atoms with Crippen molar-refractivity contribution >= 4 is 0 Å². The number of hydrogen-bond acceptors (Lipinski definition) is 2. The van der Waals surface area contributed by atoms with Crippen LogP contribution in [0.15, 0.2) is 0 Å². The van der Waals surface area contributed by atoms with Gasteiger partial charge in [0.2, 0.25) is 0 Å². The van der Waals surface area contributed by atoms with Gasteiger partial charge in [0.15, 0.2) is 0 Å². The summed E-state index contributed by atoms with van der Waals surface area (Å²) in [6, 6.07) is 0.828. The van der Waals surface area contributed by atoms with E-state index in [1.165, 1.54) is 32.2 Å². The molecule has 1 aliphatic carbocycles. The van der Waals surface area contributed by atoms with Crippen LogP contribution in [0.25, 0.3) is 0 Å². The first-order valence-electron chi connectivity index (χ1n) is 4.39. The van der Waals surface area contributed by atoms with Crippen LogP contribution >= 0.6 is 0 Å². The maximum absolute atomic E-state index is 3.50. The Morgan fingerprint density at radius 2 is 2.20 bits per heavy atom. The normalized spacial score (nSPS) is 40.8. The van der Waals surface area contributed by atoms with Crippen LogP contribution in [0.5, 0.6) is 0 Å². The maximum atomic E-state index is 3.50. The van der Waals surface area contributed by atoms with Gasteiger partial charge in [0.1, 0.15) is 0 Å². The molecule has 2 aliphatic rings. The van der Waals surface area contributed by atoms with Gasteiger partial charge >= 0.3 is 0 Å². The second-order valence-electron chi connectivity index (χ2n) is 3.56. The van der Waals surface area contributed by atoms with E-state index in [0.717, 1.165) is 18.6 Å². The van der Waals surface area contributed by atoms with E-state index in [4.69, 9.17) is 0 Å². The van der Waals surface area contributed by atoms with E-state index in [-0.39, 0.29) is 0 Å². The highest BCUT2D eigenvalue weighted by molar-refractivity contribution is 4.81. The van der Waals surface area contributed by atoms with Crippen molar-refractivity contribution in [2.24, 2.45) is 5.92 Å². The van der Waals surface area contributed by atoms with Crippen LogP contribution in [-0.4, -0.2) is 19.3 Å². The van der Waals surface area contributed by atoms with Gasteiger partial charge in [0, 0.05) is 12.7 Å². The Kier molecular flexibility index (Phi) is 1.91. The van der Waals surface area contributed by atoms with Crippen molar-refractivity contribution in [3.63, 3.8) is 0 Å². The quantitative estimate of drug-likeness (QED) is 0.517. The molecule has 58 valence electrons. The second-order valence-corrected chi connectivity index (χ2v) is 3.56. The molecule has 0 spiro atoms. The summed E-state index contributed by atoms with van der Waals surface area (Å²) in [7, 11) is 0. The third-order valence-electron chi connectivity index (χ3n) is 2.73. The minimum absolute atomic E-state index is 0.828. The van der Waals surface area contributed by atoms with Crippen LogP contribution in [0.3, 0.4) is 0 Å². The molecule has 2 heteroatoms. The monoisotopic (exact) mass is 140 g/mol. The van der Waals surface area contributed by atoms with Crippen molar-refractivity contribution in [1.82, 2.24) is 10.6 Å². The predicted octanol–water partition coefficient (Wildman–Crippen LogP) is 0.695. The number of hydrogen-bond donors (Lipinski definition) is 2. The summed E-state index contributed by atoms with van der Waals surface area (Å²) >= 11 is 0. The van der Waals surface area contributed by atoms with Crippen molar-refractivity contribution in [2.75, 3.05) is 13.2 Å². The van der Waals surface area contributed by atoms with Crippen molar-refractivity contribution in [3.8, 4) is 0 Å². The smallest absolute Gasteiger partial charge is 0.0456 e. The molecule has 2 nitrogen and oxygen atoms in total. The van der Waals surface area contributed by atoms with E-state index in [1.807, 2.05) is 0 Å². The van der Waals surface area contributed by atoms with Gasteiger partial charge in [-0.1, -0.05) is 6.42 Å². The lowest BCUT2D eigenvalue weighted by molar-refractivity contribution is 0.318. The molecule has 2 atom stereocenters. The van der Waals surface area contributed by atoms with Crippen LogP contribution in [-0.2, 0) is 0 Å². The number of fused-ring (bicyclic) bond motifs is 2. The van der Waals surface area contributed by atoms with Gasteiger partial charge in [-0.2, -0.15) is 0 Å². The van der Waals surface area contributed by atoms with Gasteiger partial charge in [0.25, 0.3) is 0 Å². The molecule has 2 fully saturated rings. The van der Waals surface area contributed by atoms with Crippen molar-refractivity contribution in [2.45, 2.75) is 31.7 Å². The molecular weight excluding hydrogens is 124 g/mol. The summed E-state index contributed by atoms with van der Waals surface area (Å²) in [5.74, 6) is 0.966. The van der Waals surface area contributed by atoms with Crippen molar-refractivity contribution in [1.29, 1.82) is 0 Å². The molecule has 1 saturated carbocycles. The highest BCUT2D eigenvalue weighted by Crippen LogP contribution is 2.24. The van der Waals surface area contributed by atoms with E-state index in [2.05, 4.69) is 10.6 Å². The van der Waals surface area contributed by atoms with Crippen LogP contribution in [0, 0.1) is 5.92 Å². The van der Waals surface area contributed by atoms with Crippen LogP contribution in [0.2, 0.25) is 0 Å². The Labute approximate surface area is 62.4 Å². The first-order chi connectivity index (χ1) is 4.95. The largest absolute Gasteiger partial charge is 0.304 e. The fourth-order valence-electron chi connectivity index (χ4n) is 2.15. The predicted molar refractivity (Wildman–Crippen MR) is 41.8 cm³/mol. The minimum atomic E-state index is 0.828. The maximum Gasteiger partial charge on any atom is 0.0456 e. The van der Waals surface area contributed by atoms with Crippen molar-refractivity contribution < 1.29 is 0 Å². The van der Waals surface area contributed by atoms with Crippen LogP contribution in [0.4, 0.5) is 0 Å². The average molecular weight is 140 g/mol. The Morgan fingerprint density at radius 3 is 3.20 bits per heavy atom. The van der Waals surface area contributed by atoms with Gasteiger partial charge in [-0.05, 0) is 31.7 Å². The minimum Gasteiger partial charge on any atom is -0.304 e. The van der Waals surface area contributed by atoms with Gasteiger partial charge in [-0.15, -0.1) is 0 Å². The van der Waals surface area contributed by atoms with E-state index < -0.39 is 0 Å². The summed E-state index contributed by atoms with van der Waals surface area (Å²) in [6.07, 6.45) is 5.69. The molecule has 0 radical (unpaired) electrons. The summed E-state index contributed by atoms with van der Waals surface area (Å²) in [6.45, 7) is 2.27. The molecule has 0 amide bonds. The molecule has 1 heterocycles. The van der Waals surface area contributed by atoms with Crippen LogP contribution in [0.1, 0.15) is 25.7 Å². The lowest BCUT2D eigenvalue weighted by Gasteiger charge is -2.25. The molecule has 0 aromatic carbocycles. The lowest BCUT2D eigenvalue weighted by atomic mass is 9.86. The van der Waals surface area contributed by atoms with E-state index in [9.17, 15) is 0 Å². The SMILES string of the molecule is C1CC2CNCNC(C1)C2. The molecular formula is C8H16N2. The zero-order valence-corrected chi connectivity index (χ0v) is 6.40. The molecule has 2 bridgehead atoms. The molecule has 0 aromatic rings. The molecule has 0 aromatic heterocycles. The summed E-state index contributed by atoms with van der Waals surface area (Å²) in [4.78, 5) is 0. The van der Waals surface area contributed by atoms with E-state index in [1.54, 1.807) is 0 Å². The van der Waals surface area contributed by atoms with Gasteiger partial charge in [-0.3, -0.25) is 0 Å². The molecule has 1 aliphatic heterocycles. The van der Waals surface area contributed by atoms with Crippen LogP contribution < -0.4 is 10.6 Å².